The number of hydrogen-bond acceptors (Lipinski definition) is 6. The Kier molecular flexibility index (Phi) is 5.68. The van der Waals surface area contributed by atoms with Crippen molar-refractivity contribution >= 4 is 16.9 Å². The topological polar surface area (TPSA) is 82.1 Å². The highest BCUT2D eigenvalue weighted by Gasteiger charge is 2.26. The number of ether oxygens (including phenoxy) is 1. The number of hydrogen-bond donors (Lipinski definition) is 1. The van der Waals surface area contributed by atoms with Gasteiger partial charge in [-0.25, -0.2) is 19.0 Å². The summed E-state index contributed by atoms with van der Waals surface area (Å²) >= 11 is 0. The summed E-state index contributed by atoms with van der Waals surface area (Å²) in [6.45, 7) is 6.54. The summed E-state index contributed by atoms with van der Waals surface area (Å²) in [5, 5.41) is 5.74. The molecule has 5 rings (SSSR count). The molecule has 2 N–H and O–H groups in total. The Morgan fingerprint density at radius 3 is 2.24 bits per heavy atom. The Labute approximate surface area is 192 Å². The van der Waals surface area contributed by atoms with Gasteiger partial charge < -0.3 is 15.4 Å². The van der Waals surface area contributed by atoms with Crippen molar-refractivity contribution in [1.82, 2.24) is 24.6 Å². The van der Waals surface area contributed by atoms with Crippen LogP contribution in [-0.4, -0.2) is 43.8 Å². The maximum absolute atomic E-state index is 13.1. The predicted molar refractivity (Wildman–Crippen MR) is 127 cm³/mol. The average molecular weight is 447 g/mol. The lowest BCUT2D eigenvalue weighted by Gasteiger charge is -2.34. The second-order valence-electron chi connectivity index (χ2n) is 8.69. The van der Waals surface area contributed by atoms with Crippen LogP contribution in [0.1, 0.15) is 32.7 Å². The first-order valence-corrected chi connectivity index (χ1v) is 11.3. The van der Waals surface area contributed by atoms with Crippen LogP contribution in [0.25, 0.3) is 22.3 Å². The van der Waals surface area contributed by atoms with Crippen molar-refractivity contribution in [1.29, 1.82) is 0 Å². The van der Waals surface area contributed by atoms with Crippen molar-refractivity contribution in [3.05, 3.63) is 60.7 Å². The van der Waals surface area contributed by atoms with Crippen molar-refractivity contribution in [3.63, 3.8) is 0 Å². The number of aromatic nitrogens is 4. The summed E-state index contributed by atoms with van der Waals surface area (Å²) < 4.78 is 21.0. The van der Waals surface area contributed by atoms with Crippen molar-refractivity contribution < 1.29 is 9.13 Å². The van der Waals surface area contributed by atoms with E-state index >= 15 is 0 Å². The van der Waals surface area contributed by atoms with Gasteiger partial charge in [0.2, 0.25) is 0 Å². The summed E-state index contributed by atoms with van der Waals surface area (Å²) in [6.07, 6.45) is 3.54. The molecule has 170 valence electrons. The third-order valence-corrected chi connectivity index (χ3v) is 6.27. The van der Waals surface area contributed by atoms with Crippen molar-refractivity contribution in [3.8, 4) is 22.8 Å². The molecule has 1 aliphatic rings. The van der Waals surface area contributed by atoms with Crippen LogP contribution in [-0.2, 0) is 0 Å². The minimum absolute atomic E-state index is 0.270. The van der Waals surface area contributed by atoms with Gasteiger partial charge >= 0.3 is 0 Å². The standard InChI is InChI=1S/C25H27FN6O/c1-16(2)31-13-11-19(12-14-31)32-25-22(24(27)28-15-29-25)23(30-32)17-3-7-20(8-4-17)33-21-9-5-18(26)6-10-21/h3-10,15-16,19H,11-14H2,1-2H3,(H2,27,28,29). The second-order valence-corrected chi connectivity index (χ2v) is 8.69. The molecule has 8 heteroatoms. The summed E-state index contributed by atoms with van der Waals surface area (Å²) in [7, 11) is 0. The van der Waals surface area contributed by atoms with E-state index < -0.39 is 0 Å². The molecular formula is C25H27FN6O. The van der Waals surface area contributed by atoms with Crippen molar-refractivity contribution in [2.75, 3.05) is 18.8 Å². The molecule has 0 atom stereocenters. The number of fused-ring (bicyclic) bond motifs is 1. The minimum atomic E-state index is -0.296. The van der Waals surface area contributed by atoms with Crippen LogP contribution in [0.4, 0.5) is 10.2 Å². The van der Waals surface area contributed by atoms with Crippen LogP contribution in [0, 0.1) is 5.82 Å². The number of anilines is 1. The Morgan fingerprint density at radius 1 is 0.970 bits per heavy atom. The molecular weight excluding hydrogens is 419 g/mol. The first-order chi connectivity index (χ1) is 16.0. The summed E-state index contributed by atoms with van der Waals surface area (Å²) in [5.74, 6) is 1.35. The SMILES string of the molecule is CC(C)N1CCC(n2nc(-c3ccc(Oc4ccc(F)cc4)cc3)c3c(N)ncnc32)CC1. The molecule has 0 unspecified atom stereocenters. The van der Waals surface area contributed by atoms with Gasteiger partial charge in [0.25, 0.3) is 0 Å². The highest BCUT2D eigenvalue weighted by atomic mass is 19.1. The number of nitrogens with zero attached hydrogens (tertiary/aromatic N) is 5. The van der Waals surface area contributed by atoms with Crippen LogP contribution in [0.5, 0.6) is 11.5 Å². The first-order valence-electron chi connectivity index (χ1n) is 11.3. The average Bonchev–Trinajstić information content (AvgIpc) is 3.22. The van der Waals surface area contributed by atoms with Gasteiger partial charge in [0.05, 0.1) is 11.4 Å². The van der Waals surface area contributed by atoms with Gasteiger partial charge in [-0.1, -0.05) is 0 Å². The van der Waals surface area contributed by atoms with Gasteiger partial charge in [0, 0.05) is 24.7 Å². The maximum atomic E-state index is 13.1. The van der Waals surface area contributed by atoms with Gasteiger partial charge in [0.15, 0.2) is 5.65 Å². The Morgan fingerprint density at radius 2 is 1.61 bits per heavy atom. The largest absolute Gasteiger partial charge is 0.457 e. The van der Waals surface area contributed by atoms with Crippen molar-refractivity contribution in [2.24, 2.45) is 0 Å². The van der Waals surface area contributed by atoms with Gasteiger partial charge in [-0.2, -0.15) is 5.10 Å². The summed E-state index contributed by atoms with van der Waals surface area (Å²) in [4.78, 5) is 11.2. The van der Waals surface area contributed by atoms with E-state index in [1.54, 1.807) is 12.1 Å². The van der Waals surface area contributed by atoms with E-state index in [9.17, 15) is 4.39 Å². The number of likely N-dealkylation sites (tertiary alicyclic amines) is 1. The number of halogens is 1. The van der Waals surface area contributed by atoms with Crippen LogP contribution in [0.3, 0.4) is 0 Å². The zero-order chi connectivity index (χ0) is 22.9. The molecule has 3 heterocycles. The van der Waals surface area contributed by atoms with E-state index in [-0.39, 0.29) is 11.9 Å². The Balaban J connectivity index is 1.45. The van der Waals surface area contributed by atoms with E-state index in [2.05, 4.69) is 28.7 Å². The third kappa shape index (κ3) is 4.26. The zero-order valence-corrected chi connectivity index (χ0v) is 18.8. The first kappa shape index (κ1) is 21.3. The summed E-state index contributed by atoms with van der Waals surface area (Å²) in [5.41, 5.74) is 8.72. The molecule has 2 aromatic carbocycles. The fourth-order valence-corrected chi connectivity index (χ4v) is 4.42. The number of benzene rings is 2. The molecule has 0 bridgehead atoms. The van der Waals surface area contributed by atoms with E-state index in [1.807, 2.05) is 28.9 Å². The molecule has 1 fully saturated rings. The van der Waals surface area contributed by atoms with E-state index in [0.29, 0.717) is 23.4 Å². The lowest BCUT2D eigenvalue weighted by molar-refractivity contribution is 0.148. The number of piperidine rings is 1. The molecule has 2 aromatic heterocycles. The van der Waals surface area contributed by atoms with E-state index in [1.165, 1.54) is 18.5 Å². The summed E-state index contributed by atoms with van der Waals surface area (Å²) in [6, 6.07) is 14.4. The number of rotatable bonds is 5. The van der Waals surface area contributed by atoms with E-state index in [0.717, 1.165) is 48.2 Å². The quantitative estimate of drug-likeness (QED) is 0.462. The molecule has 0 aliphatic carbocycles. The van der Waals surface area contributed by atoms with Crippen molar-refractivity contribution in [2.45, 2.75) is 38.8 Å². The van der Waals surface area contributed by atoms with Gasteiger partial charge in [-0.15, -0.1) is 0 Å². The van der Waals surface area contributed by atoms with Crippen LogP contribution >= 0.6 is 0 Å². The molecule has 1 saturated heterocycles. The van der Waals surface area contributed by atoms with Gasteiger partial charge in [-0.05, 0) is 75.2 Å². The minimum Gasteiger partial charge on any atom is -0.457 e. The fourth-order valence-electron chi connectivity index (χ4n) is 4.42. The highest BCUT2D eigenvalue weighted by Crippen LogP contribution is 2.35. The predicted octanol–water partition coefficient (Wildman–Crippen LogP) is 5.05. The van der Waals surface area contributed by atoms with E-state index in [4.69, 9.17) is 15.6 Å². The molecule has 0 radical (unpaired) electrons. The van der Waals surface area contributed by atoms with Gasteiger partial charge in [-0.3, -0.25) is 0 Å². The molecule has 0 saturated carbocycles. The lowest BCUT2D eigenvalue weighted by atomic mass is 10.0. The monoisotopic (exact) mass is 446 g/mol. The molecule has 1 aliphatic heterocycles. The number of nitrogens with two attached hydrogens (primary N) is 1. The molecule has 0 spiro atoms. The zero-order valence-electron chi connectivity index (χ0n) is 18.8. The van der Waals surface area contributed by atoms with Crippen LogP contribution in [0.2, 0.25) is 0 Å². The Bertz CT molecular complexity index is 1240. The second kappa shape index (κ2) is 8.78. The lowest BCUT2D eigenvalue weighted by Crippen LogP contribution is -2.39. The molecule has 0 amide bonds. The third-order valence-electron chi connectivity index (χ3n) is 6.27. The van der Waals surface area contributed by atoms with Crippen LogP contribution < -0.4 is 10.5 Å². The smallest absolute Gasteiger partial charge is 0.164 e. The van der Waals surface area contributed by atoms with Gasteiger partial charge in [0.1, 0.15) is 35.2 Å². The van der Waals surface area contributed by atoms with Crippen LogP contribution in [0.15, 0.2) is 54.9 Å². The number of nitrogen functional groups attached to an aromatic ring is 1. The fraction of sp³-hybridized carbons (Fsp3) is 0.320. The normalized spacial score (nSPS) is 15.4. The molecule has 33 heavy (non-hydrogen) atoms. The maximum Gasteiger partial charge on any atom is 0.164 e. The molecule has 7 nitrogen and oxygen atoms in total. The molecule has 4 aromatic rings. The highest BCUT2D eigenvalue weighted by molar-refractivity contribution is 5.98. The Hall–Kier alpha value is -3.52.